The van der Waals surface area contributed by atoms with Gasteiger partial charge in [-0.1, -0.05) is 27.7 Å². The Morgan fingerprint density at radius 3 is 1.77 bits per heavy atom. The summed E-state index contributed by atoms with van der Waals surface area (Å²) in [4.78, 5) is 12.1. The first-order valence-corrected chi connectivity index (χ1v) is 5.03. The van der Waals surface area contributed by atoms with Gasteiger partial charge in [0.15, 0.2) is 6.17 Å². The maximum absolute atomic E-state index is 12.4. The summed E-state index contributed by atoms with van der Waals surface area (Å²) in [6.07, 6.45) is -0.889. The number of rotatable bonds is 0. The van der Waals surface area contributed by atoms with E-state index < -0.39 is 6.17 Å². The molecule has 0 radical (unpaired) electrons. The van der Waals surface area contributed by atoms with Gasteiger partial charge in [-0.2, -0.15) is 0 Å². The lowest BCUT2D eigenvalue weighted by atomic mass is 10.2. The van der Waals surface area contributed by atoms with Gasteiger partial charge in [0.1, 0.15) is 0 Å². The van der Waals surface area contributed by atoms with E-state index in [1.807, 2.05) is 34.6 Å². The first-order chi connectivity index (χ1) is 6.13. The molecule has 1 heterocycles. The second-order valence-corrected chi connectivity index (χ2v) is 2.50. The number of halogens is 1. The monoisotopic (exact) mass is 191 g/mol. The molecule has 13 heavy (non-hydrogen) atoms. The fourth-order valence-electron chi connectivity index (χ4n) is 0.997. The third-order valence-electron chi connectivity index (χ3n) is 1.82. The van der Waals surface area contributed by atoms with Crippen molar-refractivity contribution >= 4 is 5.91 Å². The predicted molar refractivity (Wildman–Crippen MR) is 54.4 cm³/mol. The summed E-state index contributed by atoms with van der Waals surface area (Å²) in [7, 11) is 1.63. The summed E-state index contributed by atoms with van der Waals surface area (Å²) in [5.74, 6) is -0.373. The summed E-state index contributed by atoms with van der Waals surface area (Å²) in [6, 6.07) is 0.0764. The minimum Gasteiger partial charge on any atom is -0.340 e. The molecule has 0 aromatic carbocycles. The summed E-state index contributed by atoms with van der Waals surface area (Å²) in [5, 5.41) is 0. The van der Waals surface area contributed by atoms with Gasteiger partial charge in [-0.3, -0.25) is 4.79 Å². The SMILES string of the molecule is CC.CC.CC1CC(F)C(=O)N1C. The van der Waals surface area contributed by atoms with Gasteiger partial charge in [-0.25, -0.2) is 4.39 Å². The highest BCUT2D eigenvalue weighted by molar-refractivity contribution is 5.83. The van der Waals surface area contributed by atoms with Crippen molar-refractivity contribution in [3.8, 4) is 0 Å². The maximum Gasteiger partial charge on any atom is 0.257 e. The Balaban J connectivity index is 0. The number of hydrogen-bond donors (Lipinski definition) is 0. The van der Waals surface area contributed by atoms with Crippen LogP contribution in [0.15, 0.2) is 0 Å². The topological polar surface area (TPSA) is 20.3 Å². The van der Waals surface area contributed by atoms with Crippen molar-refractivity contribution in [2.45, 2.75) is 53.3 Å². The molecule has 1 rings (SSSR count). The number of nitrogens with zero attached hydrogens (tertiary/aromatic N) is 1. The van der Waals surface area contributed by atoms with Crippen LogP contribution in [0.5, 0.6) is 0 Å². The highest BCUT2D eigenvalue weighted by Crippen LogP contribution is 2.18. The Kier molecular flexibility index (Phi) is 9.19. The molecule has 0 bridgehead atoms. The average Bonchev–Trinajstić information content (AvgIpc) is 2.40. The lowest BCUT2D eigenvalue weighted by Crippen LogP contribution is -2.27. The van der Waals surface area contributed by atoms with E-state index in [0.29, 0.717) is 6.42 Å². The van der Waals surface area contributed by atoms with Crippen LogP contribution in [0.4, 0.5) is 4.39 Å². The van der Waals surface area contributed by atoms with E-state index in [4.69, 9.17) is 0 Å². The molecule has 3 heteroatoms. The number of hydrogen-bond acceptors (Lipinski definition) is 1. The van der Waals surface area contributed by atoms with Crippen molar-refractivity contribution in [1.82, 2.24) is 4.90 Å². The van der Waals surface area contributed by atoms with Crippen molar-refractivity contribution in [1.29, 1.82) is 0 Å². The van der Waals surface area contributed by atoms with Crippen molar-refractivity contribution in [3.05, 3.63) is 0 Å². The standard InChI is InChI=1S/C6H10FNO.2C2H6/c1-4-3-5(7)6(9)8(4)2;2*1-2/h4-5H,3H2,1-2H3;2*1-2H3. The quantitative estimate of drug-likeness (QED) is 0.576. The Labute approximate surface area is 81.1 Å². The van der Waals surface area contributed by atoms with Crippen LogP contribution in [-0.4, -0.2) is 30.1 Å². The van der Waals surface area contributed by atoms with Crippen LogP contribution in [0.2, 0.25) is 0 Å². The number of carbonyl (C=O) groups is 1. The molecule has 1 aliphatic rings. The van der Waals surface area contributed by atoms with Gasteiger partial charge in [0.05, 0.1) is 0 Å². The zero-order chi connectivity index (χ0) is 11.0. The van der Waals surface area contributed by atoms with Gasteiger partial charge in [-0.05, 0) is 6.92 Å². The molecule has 2 nitrogen and oxygen atoms in total. The van der Waals surface area contributed by atoms with Gasteiger partial charge in [0, 0.05) is 19.5 Å². The van der Waals surface area contributed by atoms with Gasteiger partial charge in [-0.15, -0.1) is 0 Å². The molecule has 0 saturated carbocycles. The van der Waals surface area contributed by atoms with E-state index in [1.54, 1.807) is 7.05 Å². The molecular formula is C10H22FNO. The highest BCUT2D eigenvalue weighted by Gasteiger charge is 2.34. The largest absolute Gasteiger partial charge is 0.340 e. The van der Waals surface area contributed by atoms with E-state index >= 15 is 0 Å². The van der Waals surface area contributed by atoms with Crippen LogP contribution >= 0.6 is 0 Å². The summed E-state index contributed by atoms with van der Waals surface area (Å²) >= 11 is 0. The lowest BCUT2D eigenvalue weighted by molar-refractivity contribution is -0.131. The summed E-state index contributed by atoms with van der Waals surface area (Å²) in [5.41, 5.74) is 0. The summed E-state index contributed by atoms with van der Waals surface area (Å²) in [6.45, 7) is 9.84. The Morgan fingerprint density at radius 2 is 1.69 bits per heavy atom. The molecule has 2 unspecified atom stereocenters. The van der Waals surface area contributed by atoms with Crippen molar-refractivity contribution in [3.63, 3.8) is 0 Å². The number of amides is 1. The Hall–Kier alpha value is -0.600. The normalized spacial score (nSPS) is 25.8. The molecule has 1 fully saturated rings. The second kappa shape index (κ2) is 8.02. The molecular weight excluding hydrogens is 169 g/mol. The van der Waals surface area contributed by atoms with Gasteiger partial charge >= 0.3 is 0 Å². The molecule has 0 aliphatic carbocycles. The fourth-order valence-corrected chi connectivity index (χ4v) is 0.997. The number of carbonyl (C=O) groups excluding carboxylic acids is 1. The molecule has 0 aromatic rings. The van der Waals surface area contributed by atoms with Crippen LogP contribution in [-0.2, 0) is 4.79 Å². The van der Waals surface area contributed by atoms with Crippen molar-refractivity contribution in [2.75, 3.05) is 7.05 Å². The van der Waals surface area contributed by atoms with E-state index in [9.17, 15) is 9.18 Å². The Bertz CT molecular complexity index is 139. The molecule has 0 N–H and O–H groups in total. The zero-order valence-electron chi connectivity index (χ0n) is 9.60. The van der Waals surface area contributed by atoms with E-state index in [1.165, 1.54) is 4.90 Å². The minimum absolute atomic E-state index is 0.0764. The molecule has 80 valence electrons. The molecule has 0 aromatic heterocycles. The molecule has 1 saturated heterocycles. The van der Waals surface area contributed by atoms with Crippen LogP contribution in [0.25, 0.3) is 0 Å². The van der Waals surface area contributed by atoms with Crippen LogP contribution < -0.4 is 0 Å². The molecule has 1 aliphatic heterocycles. The average molecular weight is 191 g/mol. The van der Waals surface area contributed by atoms with E-state index in [0.717, 1.165) is 0 Å². The van der Waals surface area contributed by atoms with Crippen LogP contribution in [0, 0.1) is 0 Å². The fraction of sp³-hybridized carbons (Fsp3) is 0.900. The van der Waals surface area contributed by atoms with Crippen LogP contribution in [0.1, 0.15) is 41.0 Å². The van der Waals surface area contributed by atoms with Gasteiger partial charge in [0.25, 0.3) is 5.91 Å². The first kappa shape index (κ1) is 14.9. The number of likely N-dealkylation sites (tertiary alicyclic amines) is 1. The van der Waals surface area contributed by atoms with E-state index in [2.05, 4.69) is 0 Å². The third kappa shape index (κ3) is 4.25. The predicted octanol–water partition coefficient (Wildman–Crippen LogP) is 2.63. The molecule has 1 amide bonds. The lowest BCUT2D eigenvalue weighted by Gasteiger charge is -2.12. The molecule has 2 atom stereocenters. The van der Waals surface area contributed by atoms with Crippen molar-refractivity contribution < 1.29 is 9.18 Å². The van der Waals surface area contributed by atoms with Crippen LogP contribution in [0.3, 0.4) is 0 Å². The first-order valence-electron chi connectivity index (χ1n) is 5.03. The van der Waals surface area contributed by atoms with Crippen molar-refractivity contribution in [2.24, 2.45) is 0 Å². The zero-order valence-corrected chi connectivity index (χ0v) is 9.60. The minimum atomic E-state index is -1.25. The summed E-state index contributed by atoms with van der Waals surface area (Å²) < 4.78 is 12.4. The Morgan fingerprint density at radius 1 is 1.31 bits per heavy atom. The third-order valence-corrected chi connectivity index (χ3v) is 1.82. The van der Waals surface area contributed by atoms with E-state index in [-0.39, 0.29) is 11.9 Å². The maximum atomic E-state index is 12.4. The smallest absolute Gasteiger partial charge is 0.257 e. The highest BCUT2D eigenvalue weighted by atomic mass is 19.1. The second-order valence-electron chi connectivity index (χ2n) is 2.50. The van der Waals surface area contributed by atoms with Gasteiger partial charge in [0.2, 0.25) is 0 Å². The molecule has 0 spiro atoms. The number of alkyl halides is 1. The van der Waals surface area contributed by atoms with Gasteiger partial charge < -0.3 is 4.90 Å².